The lowest BCUT2D eigenvalue weighted by Gasteiger charge is -2.07. The van der Waals surface area contributed by atoms with Crippen LogP contribution in [0.25, 0.3) is 0 Å². The van der Waals surface area contributed by atoms with Crippen molar-refractivity contribution in [2.45, 2.75) is 6.92 Å². The largest absolute Gasteiger partial charge is 0.372 e. The zero-order valence-electron chi connectivity index (χ0n) is 10.4. The summed E-state index contributed by atoms with van der Waals surface area (Å²) in [5.74, 6) is 0.695. The zero-order valence-corrected chi connectivity index (χ0v) is 12.0. The number of hydrogen-bond acceptors (Lipinski definition) is 5. The fraction of sp³-hybridized carbons (Fsp3) is 0.167. The highest BCUT2D eigenvalue weighted by atomic mass is 79.9. The monoisotopic (exact) mass is 321 g/mol. The molecule has 0 aliphatic heterocycles. The van der Waals surface area contributed by atoms with Gasteiger partial charge >= 0.3 is 0 Å². The van der Waals surface area contributed by atoms with E-state index < -0.39 is 0 Å². The molecule has 0 aliphatic carbocycles. The van der Waals surface area contributed by atoms with Crippen molar-refractivity contribution in [3.05, 3.63) is 40.4 Å². The molecule has 1 amide bonds. The Morgan fingerprint density at radius 3 is 2.79 bits per heavy atom. The standard InChI is InChI=1S/C12H12BrN5O/c1-7-3-8(13)4-16-11(7)18-12(19)9-5-15-6-10(14-2)17-9/h3-6H,1-2H3,(H,14,17)(H,16,18,19). The summed E-state index contributed by atoms with van der Waals surface area (Å²) in [5.41, 5.74) is 1.09. The molecule has 2 rings (SSSR count). The van der Waals surface area contributed by atoms with Crippen molar-refractivity contribution in [1.29, 1.82) is 0 Å². The Kier molecular flexibility index (Phi) is 4.06. The molecular formula is C12H12BrN5O. The number of pyridine rings is 1. The molecule has 2 aromatic heterocycles. The summed E-state index contributed by atoms with van der Waals surface area (Å²) in [7, 11) is 1.71. The van der Waals surface area contributed by atoms with Crippen LogP contribution in [0.1, 0.15) is 16.1 Å². The first-order chi connectivity index (χ1) is 9.10. The number of carbonyl (C=O) groups excluding carboxylic acids is 1. The Balaban J connectivity index is 2.20. The lowest BCUT2D eigenvalue weighted by atomic mass is 10.3. The summed E-state index contributed by atoms with van der Waals surface area (Å²) in [6, 6.07) is 1.87. The Bertz CT molecular complexity index is 617. The van der Waals surface area contributed by atoms with Gasteiger partial charge in [0.25, 0.3) is 5.91 Å². The normalized spacial score (nSPS) is 10.1. The van der Waals surface area contributed by atoms with Crippen molar-refractivity contribution >= 4 is 33.5 Å². The second kappa shape index (κ2) is 5.75. The average molecular weight is 322 g/mol. The molecule has 2 aromatic rings. The van der Waals surface area contributed by atoms with E-state index in [0.717, 1.165) is 10.0 Å². The maximum Gasteiger partial charge on any atom is 0.277 e. The SMILES string of the molecule is CNc1cncc(C(=O)Nc2ncc(Br)cc2C)n1. The number of anilines is 2. The lowest BCUT2D eigenvalue weighted by molar-refractivity contribution is 0.102. The van der Waals surface area contributed by atoms with Gasteiger partial charge in [-0.25, -0.2) is 9.97 Å². The minimum Gasteiger partial charge on any atom is -0.372 e. The number of aryl methyl sites for hydroxylation is 1. The molecule has 0 radical (unpaired) electrons. The number of halogens is 1. The average Bonchev–Trinajstić information content (AvgIpc) is 2.42. The summed E-state index contributed by atoms with van der Waals surface area (Å²) in [6.07, 6.45) is 4.57. The fourth-order valence-electron chi connectivity index (χ4n) is 1.44. The zero-order chi connectivity index (χ0) is 13.8. The predicted molar refractivity (Wildman–Crippen MR) is 76.2 cm³/mol. The van der Waals surface area contributed by atoms with Crippen LogP contribution in [0.5, 0.6) is 0 Å². The van der Waals surface area contributed by atoms with Gasteiger partial charge in [0.15, 0.2) is 0 Å². The maximum atomic E-state index is 12.0. The third-order valence-corrected chi connectivity index (χ3v) is 2.83. The minimum absolute atomic E-state index is 0.232. The van der Waals surface area contributed by atoms with E-state index >= 15 is 0 Å². The van der Waals surface area contributed by atoms with Crippen LogP contribution < -0.4 is 10.6 Å². The quantitative estimate of drug-likeness (QED) is 0.906. The first-order valence-corrected chi connectivity index (χ1v) is 6.32. The van der Waals surface area contributed by atoms with Gasteiger partial charge in [-0.3, -0.25) is 9.78 Å². The Morgan fingerprint density at radius 2 is 2.11 bits per heavy atom. The van der Waals surface area contributed by atoms with Gasteiger partial charge in [-0.2, -0.15) is 0 Å². The van der Waals surface area contributed by atoms with Crippen molar-refractivity contribution in [3.63, 3.8) is 0 Å². The van der Waals surface area contributed by atoms with Crippen LogP contribution in [0.3, 0.4) is 0 Å². The Morgan fingerprint density at radius 1 is 1.32 bits per heavy atom. The second-order valence-corrected chi connectivity index (χ2v) is 4.73. The molecule has 2 heterocycles. The number of nitrogens with zero attached hydrogens (tertiary/aromatic N) is 3. The topological polar surface area (TPSA) is 79.8 Å². The smallest absolute Gasteiger partial charge is 0.277 e. The molecule has 0 fully saturated rings. The highest BCUT2D eigenvalue weighted by Gasteiger charge is 2.11. The summed E-state index contributed by atoms with van der Waals surface area (Å²) in [6.45, 7) is 1.86. The van der Waals surface area contributed by atoms with Crippen LogP contribution in [-0.2, 0) is 0 Å². The van der Waals surface area contributed by atoms with Crippen LogP contribution >= 0.6 is 15.9 Å². The highest BCUT2D eigenvalue weighted by Crippen LogP contribution is 2.17. The summed E-state index contributed by atoms with van der Waals surface area (Å²) < 4.78 is 0.861. The van der Waals surface area contributed by atoms with Crippen molar-refractivity contribution in [3.8, 4) is 0 Å². The molecule has 0 bridgehead atoms. The van der Waals surface area contributed by atoms with Gasteiger partial charge in [0, 0.05) is 17.7 Å². The van der Waals surface area contributed by atoms with Crippen LogP contribution in [0.2, 0.25) is 0 Å². The first-order valence-electron chi connectivity index (χ1n) is 5.53. The predicted octanol–water partition coefficient (Wildman–Crippen LogP) is 2.24. The molecule has 0 aliphatic rings. The summed E-state index contributed by atoms with van der Waals surface area (Å²) >= 11 is 3.32. The van der Waals surface area contributed by atoms with E-state index in [1.807, 2.05) is 13.0 Å². The molecular weight excluding hydrogens is 310 g/mol. The Labute approximate surface area is 118 Å². The first kappa shape index (κ1) is 13.4. The van der Waals surface area contributed by atoms with E-state index in [2.05, 4.69) is 41.5 Å². The highest BCUT2D eigenvalue weighted by molar-refractivity contribution is 9.10. The van der Waals surface area contributed by atoms with Crippen LogP contribution in [0, 0.1) is 6.92 Å². The van der Waals surface area contributed by atoms with E-state index in [-0.39, 0.29) is 11.6 Å². The second-order valence-electron chi connectivity index (χ2n) is 3.81. The third kappa shape index (κ3) is 3.25. The van der Waals surface area contributed by atoms with E-state index in [1.54, 1.807) is 19.4 Å². The molecule has 98 valence electrons. The summed E-state index contributed by atoms with van der Waals surface area (Å²) in [4.78, 5) is 24.2. The van der Waals surface area contributed by atoms with Gasteiger partial charge in [0.1, 0.15) is 17.3 Å². The van der Waals surface area contributed by atoms with Gasteiger partial charge < -0.3 is 10.6 Å². The molecule has 2 N–H and O–H groups in total. The van der Waals surface area contributed by atoms with Gasteiger partial charge in [-0.05, 0) is 34.5 Å². The lowest BCUT2D eigenvalue weighted by Crippen LogP contribution is -2.16. The molecule has 0 spiro atoms. The van der Waals surface area contributed by atoms with E-state index in [9.17, 15) is 4.79 Å². The third-order valence-electron chi connectivity index (χ3n) is 2.40. The maximum absolute atomic E-state index is 12.0. The number of aromatic nitrogens is 3. The van der Waals surface area contributed by atoms with Gasteiger partial charge in [0.2, 0.25) is 0 Å². The van der Waals surface area contributed by atoms with Crippen LogP contribution in [0.4, 0.5) is 11.6 Å². The van der Waals surface area contributed by atoms with Crippen LogP contribution in [0.15, 0.2) is 29.1 Å². The van der Waals surface area contributed by atoms with Crippen molar-refractivity contribution in [1.82, 2.24) is 15.0 Å². The van der Waals surface area contributed by atoms with Crippen molar-refractivity contribution in [2.75, 3.05) is 17.7 Å². The molecule has 0 unspecified atom stereocenters. The van der Waals surface area contributed by atoms with Crippen molar-refractivity contribution < 1.29 is 4.79 Å². The number of hydrogen-bond donors (Lipinski definition) is 2. The van der Waals surface area contributed by atoms with E-state index in [4.69, 9.17) is 0 Å². The van der Waals surface area contributed by atoms with Crippen molar-refractivity contribution in [2.24, 2.45) is 0 Å². The fourth-order valence-corrected chi connectivity index (χ4v) is 1.88. The molecule has 0 atom stereocenters. The van der Waals surface area contributed by atoms with Gasteiger partial charge in [-0.15, -0.1) is 0 Å². The number of rotatable bonds is 3. The van der Waals surface area contributed by atoms with E-state index in [0.29, 0.717) is 11.6 Å². The van der Waals surface area contributed by atoms with E-state index in [1.165, 1.54) is 6.20 Å². The number of nitrogens with one attached hydrogen (secondary N) is 2. The summed E-state index contributed by atoms with van der Waals surface area (Å²) in [5, 5.41) is 5.53. The molecule has 19 heavy (non-hydrogen) atoms. The molecule has 0 aromatic carbocycles. The van der Waals surface area contributed by atoms with Crippen LogP contribution in [-0.4, -0.2) is 27.9 Å². The van der Waals surface area contributed by atoms with Gasteiger partial charge in [-0.1, -0.05) is 0 Å². The molecule has 7 heteroatoms. The minimum atomic E-state index is -0.345. The Hall–Kier alpha value is -2.02. The van der Waals surface area contributed by atoms with Gasteiger partial charge in [0.05, 0.1) is 12.4 Å². The number of amides is 1. The number of carbonyl (C=O) groups is 1. The molecule has 0 saturated heterocycles. The molecule has 0 saturated carbocycles. The molecule has 6 nitrogen and oxygen atoms in total.